The number of amides is 1. The van der Waals surface area contributed by atoms with Crippen LogP contribution in [0.4, 0.5) is 5.69 Å². The molecule has 0 aliphatic heterocycles. The quantitative estimate of drug-likeness (QED) is 0.824. The number of sulfone groups is 1. The van der Waals surface area contributed by atoms with Gasteiger partial charge < -0.3 is 5.32 Å². The maximum atomic E-state index is 12.5. The van der Waals surface area contributed by atoms with E-state index in [0.717, 1.165) is 10.0 Å². The van der Waals surface area contributed by atoms with Crippen LogP contribution in [0.5, 0.6) is 0 Å². The summed E-state index contributed by atoms with van der Waals surface area (Å²) in [6.45, 7) is 3.71. The van der Waals surface area contributed by atoms with Crippen LogP contribution in [0.25, 0.3) is 0 Å². The average molecular weight is 396 g/mol. The molecule has 4 nitrogen and oxygen atoms in total. The van der Waals surface area contributed by atoms with Crippen molar-refractivity contribution in [2.45, 2.75) is 25.2 Å². The lowest BCUT2D eigenvalue weighted by Gasteiger charge is -2.11. The van der Waals surface area contributed by atoms with Crippen molar-refractivity contribution in [1.29, 1.82) is 0 Å². The minimum absolute atomic E-state index is 0.0225. The standard InChI is InChI=1S/C17H18BrNO3S/c1-3-10-23(21,22)16-7-5-4-6-14(16)17(20)19-13-8-9-15(18)12(2)11-13/h4-9,11H,3,10H2,1-2H3,(H,19,20). The molecule has 6 heteroatoms. The average Bonchev–Trinajstić information content (AvgIpc) is 2.51. The highest BCUT2D eigenvalue weighted by Crippen LogP contribution is 2.22. The summed E-state index contributed by atoms with van der Waals surface area (Å²) < 4.78 is 25.6. The number of aryl methyl sites for hydroxylation is 1. The van der Waals surface area contributed by atoms with Gasteiger partial charge in [0.25, 0.3) is 5.91 Å². The van der Waals surface area contributed by atoms with Crippen molar-refractivity contribution in [3.63, 3.8) is 0 Å². The van der Waals surface area contributed by atoms with Crippen LogP contribution in [0.15, 0.2) is 51.8 Å². The number of anilines is 1. The molecule has 0 saturated carbocycles. The second-order valence-electron chi connectivity index (χ2n) is 5.23. The van der Waals surface area contributed by atoms with Gasteiger partial charge in [-0.3, -0.25) is 4.79 Å². The van der Waals surface area contributed by atoms with Gasteiger partial charge in [0, 0.05) is 10.2 Å². The van der Waals surface area contributed by atoms with E-state index in [2.05, 4.69) is 21.2 Å². The number of rotatable bonds is 5. The Morgan fingerprint density at radius 1 is 1.17 bits per heavy atom. The van der Waals surface area contributed by atoms with E-state index in [0.29, 0.717) is 12.1 Å². The molecular weight excluding hydrogens is 378 g/mol. The van der Waals surface area contributed by atoms with E-state index >= 15 is 0 Å². The van der Waals surface area contributed by atoms with Gasteiger partial charge in [-0.25, -0.2) is 8.42 Å². The fourth-order valence-corrected chi connectivity index (χ4v) is 4.01. The monoisotopic (exact) mass is 395 g/mol. The maximum Gasteiger partial charge on any atom is 0.256 e. The molecule has 0 aliphatic rings. The molecule has 0 spiro atoms. The number of carbonyl (C=O) groups excluding carboxylic acids is 1. The van der Waals surface area contributed by atoms with Crippen molar-refractivity contribution in [1.82, 2.24) is 0 Å². The number of halogens is 1. The van der Waals surface area contributed by atoms with Crippen molar-refractivity contribution >= 4 is 37.4 Å². The first-order valence-corrected chi connectivity index (χ1v) is 9.69. The molecular formula is C17H18BrNO3S. The molecule has 0 radical (unpaired) electrons. The third kappa shape index (κ3) is 4.20. The summed E-state index contributed by atoms with van der Waals surface area (Å²) in [6.07, 6.45) is 0.504. The number of hydrogen-bond acceptors (Lipinski definition) is 3. The molecule has 0 unspecified atom stereocenters. The molecule has 0 saturated heterocycles. The lowest BCUT2D eigenvalue weighted by molar-refractivity contribution is 0.102. The van der Waals surface area contributed by atoms with Crippen LogP contribution in [0.1, 0.15) is 29.3 Å². The number of carbonyl (C=O) groups is 1. The highest BCUT2D eigenvalue weighted by Gasteiger charge is 2.21. The number of hydrogen-bond donors (Lipinski definition) is 1. The van der Waals surface area contributed by atoms with Crippen molar-refractivity contribution in [3.05, 3.63) is 58.1 Å². The topological polar surface area (TPSA) is 63.2 Å². The van der Waals surface area contributed by atoms with Gasteiger partial charge >= 0.3 is 0 Å². The maximum absolute atomic E-state index is 12.5. The highest BCUT2D eigenvalue weighted by atomic mass is 79.9. The fraction of sp³-hybridized carbons (Fsp3) is 0.235. The third-order valence-corrected chi connectivity index (χ3v) is 6.22. The normalized spacial score (nSPS) is 11.3. The van der Waals surface area contributed by atoms with E-state index in [4.69, 9.17) is 0 Å². The van der Waals surface area contributed by atoms with E-state index in [1.165, 1.54) is 12.1 Å². The lowest BCUT2D eigenvalue weighted by Crippen LogP contribution is -2.17. The Balaban J connectivity index is 2.35. The Morgan fingerprint density at radius 2 is 1.87 bits per heavy atom. The lowest BCUT2D eigenvalue weighted by atomic mass is 10.2. The molecule has 23 heavy (non-hydrogen) atoms. The third-order valence-electron chi connectivity index (χ3n) is 3.36. The Bertz CT molecular complexity index is 831. The Morgan fingerprint density at radius 3 is 2.52 bits per heavy atom. The summed E-state index contributed by atoms with van der Waals surface area (Å²) in [5, 5.41) is 2.76. The molecule has 0 atom stereocenters. The van der Waals surface area contributed by atoms with Crippen molar-refractivity contribution < 1.29 is 13.2 Å². The summed E-state index contributed by atoms with van der Waals surface area (Å²) >= 11 is 3.40. The molecule has 0 fully saturated rings. The Kier molecular flexibility index (Phi) is 5.59. The highest BCUT2D eigenvalue weighted by molar-refractivity contribution is 9.10. The first kappa shape index (κ1) is 17.7. The zero-order valence-electron chi connectivity index (χ0n) is 13.0. The second kappa shape index (κ2) is 7.27. The second-order valence-corrected chi connectivity index (χ2v) is 8.17. The van der Waals surface area contributed by atoms with Crippen LogP contribution in [-0.4, -0.2) is 20.1 Å². The van der Waals surface area contributed by atoms with Crippen LogP contribution < -0.4 is 5.32 Å². The first-order valence-electron chi connectivity index (χ1n) is 7.24. The minimum Gasteiger partial charge on any atom is -0.322 e. The molecule has 2 aromatic rings. The van der Waals surface area contributed by atoms with E-state index in [1.54, 1.807) is 25.1 Å². The zero-order valence-corrected chi connectivity index (χ0v) is 15.4. The van der Waals surface area contributed by atoms with Crippen LogP contribution in [0, 0.1) is 6.92 Å². The van der Waals surface area contributed by atoms with Gasteiger partial charge in [0.2, 0.25) is 0 Å². The molecule has 2 aromatic carbocycles. The summed E-state index contributed by atoms with van der Waals surface area (Å²) in [6, 6.07) is 11.7. The van der Waals surface area contributed by atoms with Gasteiger partial charge in [-0.2, -0.15) is 0 Å². The molecule has 122 valence electrons. The predicted molar refractivity (Wildman–Crippen MR) is 95.6 cm³/mol. The number of nitrogens with one attached hydrogen (secondary N) is 1. The van der Waals surface area contributed by atoms with E-state index in [9.17, 15) is 13.2 Å². The summed E-state index contributed by atoms with van der Waals surface area (Å²) in [5.74, 6) is -0.406. The van der Waals surface area contributed by atoms with Gasteiger partial charge in [-0.15, -0.1) is 0 Å². The largest absolute Gasteiger partial charge is 0.322 e. The Labute approximate surface area is 145 Å². The minimum atomic E-state index is -3.46. The number of benzene rings is 2. The van der Waals surface area contributed by atoms with E-state index in [1.807, 2.05) is 19.1 Å². The van der Waals surface area contributed by atoms with Gasteiger partial charge in [-0.1, -0.05) is 35.0 Å². The first-order chi connectivity index (χ1) is 10.8. The molecule has 0 aliphatic carbocycles. The van der Waals surface area contributed by atoms with Crippen LogP contribution in [-0.2, 0) is 9.84 Å². The molecule has 2 rings (SSSR count). The van der Waals surface area contributed by atoms with E-state index in [-0.39, 0.29) is 16.2 Å². The molecule has 1 amide bonds. The van der Waals surface area contributed by atoms with Gasteiger partial charge in [0.05, 0.1) is 16.2 Å². The molecule has 0 heterocycles. The van der Waals surface area contributed by atoms with Crippen LogP contribution in [0.3, 0.4) is 0 Å². The summed E-state index contributed by atoms with van der Waals surface area (Å²) in [5.41, 5.74) is 1.77. The molecule has 0 aromatic heterocycles. The van der Waals surface area contributed by atoms with Gasteiger partial charge in [0.15, 0.2) is 9.84 Å². The Hall–Kier alpha value is -1.66. The van der Waals surface area contributed by atoms with Crippen molar-refractivity contribution in [3.8, 4) is 0 Å². The molecule has 0 bridgehead atoms. The fourth-order valence-electron chi connectivity index (χ4n) is 2.22. The summed E-state index contributed by atoms with van der Waals surface area (Å²) in [4.78, 5) is 12.6. The summed E-state index contributed by atoms with van der Waals surface area (Å²) in [7, 11) is -3.46. The predicted octanol–water partition coefficient (Wildman–Crippen LogP) is 4.19. The van der Waals surface area contributed by atoms with Crippen LogP contribution >= 0.6 is 15.9 Å². The van der Waals surface area contributed by atoms with Crippen molar-refractivity contribution in [2.75, 3.05) is 11.1 Å². The smallest absolute Gasteiger partial charge is 0.256 e. The van der Waals surface area contributed by atoms with E-state index < -0.39 is 15.7 Å². The van der Waals surface area contributed by atoms with Gasteiger partial charge in [0.1, 0.15) is 0 Å². The molecule has 1 N–H and O–H groups in total. The zero-order chi connectivity index (χ0) is 17.0. The van der Waals surface area contributed by atoms with Gasteiger partial charge in [-0.05, 0) is 49.2 Å². The van der Waals surface area contributed by atoms with Crippen LogP contribution in [0.2, 0.25) is 0 Å². The van der Waals surface area contributed by atoms with Crippen molar-refractivity contribution in [2.24, 2.45) is 0 Å². The SMILES string of the molecule is CCCS(=O)(=O)c1ccccc1C(=O)Nc1ccc(Br)c(C)c1.